The van der Waals surface area contributed by atoms with Crippen molar-refractivity contribution in [3.05, 3.63) is 71.8 Å². The van der Waals surface area contributed by atoms with E-state index in [9.17, 15) is 9.59 Å². The van der Waals surface area contributed by atoms with Crippen LogP contribution in [-0.4, -0.2) is 26.6 Å². The number of pyridine rings is 1. The molecule has 7 nitrogen and oxygen atoms in total. The maximum absolute atomic E-state index is 12.7. The highest BCUT2D eigenvalue weighted by Crippen LogP contribution is 2.19. The third-order valence-corrected chi connectivity index (χ3v) is 4.22. The fourth-order valence-corrected chi connectivity index (χ4v) is 2.71. The first kappa shape index (κ1) is 19.3. The van der Waals surface area contributed by atoms with Gasteiger partial charge in [0.2, 0.25) is 0 Å². The zero-order chi connectivity index (χ0) is 20.1. The molecule has 0 fully saturated rings. The second-order valence-corrected chi connectivity index (χ2v) is 6.66. The van der Waals surface area contributed by atoms with Crippen molar-refractivity contribution in [2.45, 2.75) is 33.2 Å². The van der Waals surface area contributed by atoms with E-state index in [-0.39, 0.29) is 17.7 Å². The maximum Gasteiger partial charge on any atom is 0.273 e. The third kappa shape index (κ3) is 4.43. The average Bonchev–Trinajstić information content (AvgIpc) is 3.14. The minimum atomic E-state index is -0.262. The molecule has 3 rings (SSSR count). The van der Waals surface area contributed by atoms with Crippen molar-refractivity contribution in [1.29, 1.82) is 0 Å². The van der Waals surface area contributed by atoms with Crippen LogP contribution in [0.3, 0.4) is 0 Å². The van der Waals surface area contributed by atoms with Crippen LogP contribution >= 0.6 is 0 Å². The van der Waals surface area contributed by atoms with Gasteiger partial charge in [-0.2, -0.15) is 5.10 Å². The Morgan fingerprint density at radius 2 is 1.75 bits per heavy atom. The summed E-state index contributed by atoms with van der Waals surface area (Å²) >= 11 is 0. The maximum atomic E-state index is 12.7. The minimum absolute atomic E-state index is 0.239. The van der Waals surface area contributed by atoms with E-state index >= 15 is 0 Å². The summed E-state index contributed by atoms with van der Waals surface area (Å²) in [5.74, 6) is -0.260. The molecule has 144 valence electrons. The van der Waals surface area contributed by atoms with E-state index < -0.39 is 0 Å². The second-order valence-electron chi connectivity index (χ2n) is 6.66. The first-order valence-corrected chi connectivity index (χ1v) is 9.18. The highest BCUT2D eigenvalue weighted by molar-refractivity contribution is 6.05. The Hall–Kier alpha value is -3.48. The lowest BCUT2D eigenvalue weighted by Gasteiger charge is -2.09. The molecule has 0 saturated carbocycles. The number of aromatic nitrogens is 3. The second kappa shape index (κ2) is 8.47. The molecule has 2 aromatic heterocycles. The molecular formula is C21H23N5O2. The normalized spacial score (nSPS) is 10.7. The topological polar surface area (TPSA) is 88.9 Å². The molecule has 28 heavy (non-hydrogen) atoms. The van der Waals surface area contributed by atoms with E-state index in [4.69, 9.17) is 0 Å². The molecule has 7 heteroatoms. The van der Waals surface area contributed by atoms with Crippen LogP contribution in [0.2, 0.25) is 0 Å². The molecule has 0 atom stereocenters. The highest BCUT2D eigenvalue weighted by atomic mass is 16.2. The van der Waals surface area contributed by atoms with Gasteiger partial charge in [-0.25, -0.2) is 0 Å². The first-order chi connectivity index (χ1) is 13.5. The molecule has 0 bridgehead atoms. The molecule has 0 aliphatic carbocycles. The summed E-state index contributed by atoms with van der Waals surface area (Å²) in [7, 11) is 0. The van der Waals surface area contributed by atoms with Crippen molar-refractivity contribution in [3.8, 4) is 0 Å². The van der Waals surface area contributed by atoms with Gasteiger partial charge >= 0.3 is 0 Å². The standard InChI is InChI=1S/C21H23N5O2/c1-4-26-19(12-18(25-26)14(2)3)21(28)24-17-9-5-8-16(11-17)23-20(27)15-7-6-10-22-13-15/h5-14H,4H2,1-3H3,(H,23,27)(H,24,28). The molecule has 2 heterocycles. The van der Waals surface area contributed by atoms with Gasteiger partial charge in [-0.15, -0.1) is 0 Å². The van der Waals surface area contributed by atoms with Crippen LogP contribution in [0.5, 0.6) is 0 Å². The predicted octanol–water partition coefficient (Wildman–Crippen LogP) is 3.93. The van der Waals surface area contributed by atoms with Crippen molar-refractivity contribution >= 4 is 23.2 Å². The molecule has 1 aromatic carbocycles. The van der Waals surface area contributed by atoms with Crippen molar-refractivity contribution < 1.29 is 9.59 Å². The van der Waals surface area contributed by atoms with Crippen LogP contribution < -0.4 is 10.6 Å². The van der Waals surface area contributed by atoms with Gasteiger partial charge in [0.1, 0.15) is 5.69 Å². The van der Waals surface area contributed by atoms with E-state index in [2.05, 4.69) is 20.7 Å². The summed E-state index contributed by atoms with van der Waals surface area (Å²) in [6.45, 7) is 6.63. The molecular weight excluding hydrogens is 354 g/mol. The lowest BCUT2D eigenvalue weighted by Crippen LogP contribution is -2.17. The van der Waals surface area contributed by atoms with Gasteiger partial charge in [-0.3, -0.25) is 19.3 Å². The summed E-state index contributed by atoms with van der Waals surface area (Å²) in [6, 6.07) is 12.2. The Bertz CT molecular complexity index is 979. The molecule has 0 spiro atoms. The molecule has 0 saturated heterocycles. The van der Waals surface area contributed by atoms with Crippen molar-refractivity contribution in [2.75, 3.05) is 10.6 Å². The number of anilines is 2. The number of nitrogens with one attached hydrogen (secondary N) is 2. The van der Waals surface area contributed by atoms with E-state index in [0.29, 0.717) is 29.2 Å². The quantitative estimate of drug-likeness (QED) is 0.681. The van der Waals surface area contributed by atoms with E-state index in [1.165, 1.54) is 6.20 Å². The Morgan fingerprint density at radius 3 is 2.36 bits per heavy atom. The van der Waals surface area contributed by atoms with Gasteiger partial charge in [-0.1, -0.05) is 19.9 Å². The molecule has 0 radical (unpaired) electrons. The monoisotopic (exact) mass is 377 g/mol. The lowest BCUT2D eigenvalue weighted by atomic mass is 10.1. The molecule has 3 aromatic rings. The number of aryl methyl sites for hydroxylation is 1. The largest absolute Gasteiger partial charge is 0.322 e. The molecule has 0 aliphatic rings. The zero-order valence-electron chi connectivity index (χ0n) is 16.1. The zero-order valence-corrected chi connectivity index (χ0v) is 16.1. The smallest absolute Gasteiger partial charge is 0.273 e. The molecule has 2 N–H and O–H groups in total. The van der Waals surface area contributed by atoms with E-state index in [1.807, 2.05) is 26.8 Å². The van der Waals surface area contributed by atoms with Crippen molar-refractivity contribution in [3.63, 3.8) is 0 Å². The summed E-state index contributed by atoms with van der Waals surface area (Å²) in [5.41, 5.74) is 3.02. The Morgan fingerprint density at radius 1 is 1.04 bits per heavy atom. The van der Waals surface area contributed by atoms with Gasteiger partial charge in [0, 0.05) is 30.3 Å². The third-order valence-electron chi connectivity index (χ3n) is 4.22. The first-order valence-electron chi connectivity index (χ1n) is 9.18. The van der Waals surface area contributed by atoms with Gasteiger partial charge in [0.25, 0.3) is 11.8 Å². The van der Waals surface area contributed by atoms with Crippen LogP contribution in [0, 0.1) is 0 Å². The van der Waals surface area contributed by atoms with Crippen molar-refractivity contribution in [1.82, 2.24) is 14.8 Å². The number of rotatable bonds is 6. The number of amides is 2. The number of carbonyl (C=O) groups excluding carboxylic acids is 2. The number of nitrogens with zero attached hydrogens (tertiary/aromatic N) is 3. The number of benzene rings is 1. The fourth-order valence-electron chi connectivity index (χ4n) is 2.71. The van der Waals surface area contributed by atoms with Crippen LogP contribution in [0.4, 0.5) is 11.4 Å². The summed E-state index contributed by atoms with van der Waals surface area (Å²) in [4.78, 5) is 28.9. The van der Waals surface area contributed by atoms with Gasteiger partial charge in [0.05, 0.1) is 11.3 Å². The van der Waals surface area contributed by atoms with Gasteiger partial charge in [-0.05, 0) is 49.2 Å². The highest BCUT2D eigenvalue weighted by Gasteiger charge is 2.16. The average molecular weight is 377 g/mol. The van der Waals surface area contributed by atoms with Crippen LogP contribution in [0.25, 0.3) is 0 Å². The fraction of sp³-hybridized carbons (Fsp3) is 0.238. The van der Waals surface area contributed by atoms with E-state index in [0.717, 1.165) is 5.69 Å². The number of carbonyl (C=O) groups is 2. The molecule has 2 amide bonds. The number of hydrogen-bond donors (Lipinski definition) is 2. The SMILES string of the molecule is CCn1nc(C(C)C)cc1C(=O)Nc1cccc(NC(=O)c2cccnc2)c1. The van der Waals surface area contributed by atoms with Crippen LogP contribution in [-0.2, 0) is 6.54 Å². The van der Waals surface area contributed by atoms with Crippen molar-refractivity contribution in [2.24, 2.45) is 0 Å². The Kier molecular flexibility index (Phi) is 5.84. The summed E-state index contributed by atoms with van der Waals surface area (Å²) in [6.07, 6.45) is 3.11. The number of hydrogen-bond acceptors (Lipinski definition) is 4. The lowest BCUT2D eigenvalue weighted by molar-refractivity contribution is 0.101. The molecule has 0 aliphatic heterocycles. The van der Waals surface area contributed by atoms with Gasteiger partial charge < -0.3 is 10.6 Å². The van der Waals surface area contributed by atoms with Crippen LogP contribution in [0.15, 0.2) is 54.9 Å². The molecule has 0 unspecified atom stereocenters. The Balaban J connectivity index is 1.74. The predicted molar refractivity (Wildman–Crippen MR) is 109 cm³/mol. The summed E-state index contributed by atoms with van der Waals surface area (Å²) < 4.78 is 1.69. The Labute approximate surface area is 163 Å². The minimum Gasteiger partial charge on any atom is -0.322 e. The van der Waals surface area contributed by atoms with Crippen LogP contribution in [0.1, 0.15) is 53.2 Å². The summed E-state index contributed by atoms with van der Waals surface area (Å²) in [5, 5.41) is 10.2. The van der Waals surface area contributed by atoms with E-state index in [1.54, 1.807) is 47.3 Å². The van der Waals surface area contributed by atoms with Gasteiger partial charge in [0.15, 0.2) is 0 Å².